The molecule has 0 aliphatic carbocycles. The topological polar surface area (TPSA) is 64.6 Å². The number of carbonyl (C=O) groups excluding carboxylic acids is 1. The van der Waals surface area contributed by atoms with Gasteiger partial charge in [-0.1, -0.05) is 23.7 Å². The van der Waals surface area contributed by atoms with Gasteiger partial charge < -0.3 is 14.4 Å². The number of carbonyl (C=O) groups is 1. The van der Waals surface area contributed by atoms with Crippen LogP contribution in [-0.4, -0.2) is 25.3 Å². The molecule has 0 fully saturated rings. The lowest BCUT2D eigenvalue weighted by atomic mass is 10.2. The van der Waals surface area contributed by atoms with E-state index < -0.39 is 7.60 Å². The molecule has 0 aromatic heterocycles. The van der Waals surface area contributed by atoms with Crippen LogP contribution in [-0.2, 0) is 25.0 Å². The van der Waals surface area contributed by atoms with Gasteiger partial charge in [-0.05, 0) is 31.5 Å². The zero-order valence-corrected chi connectivity index (χ0v) is 13.2. The molecule has 7 heteroatoms. The maximum atomic E-state index is 12.2. The van der Waals surface area contributed by atoms with E-state index >= 15 is 0 Å². The summed E-state index contributed by atoms with van der Waals surface area (Å²) in [4.78, 5) is 11.8. The highest BCUT2D eigenvalue weighted by atomic mass is 35.5. The van der Waals surface area contributed by atoms with Crippen LogP contribution in [0.4, 0.5) is 0 Å². The van der Waals surface area contributed by atoms with Gasteiger partial charge in [-0.15, -0.1) is 0 Å². The molecule has 0 aliphatic rings. The van der Waals surface area contributed by atoms with Gasteiger partial charge in [0.25, 0.3) is 0 Å². The van der Waals surface area contributed by atoms with Crippen molar-refractivity contribution in [2.24, 2.45) is 0 Å². The first-order valence-electron chi connectivity index (χ1n) is 6.38. The van der Waals surface area contributed by atoms with Crippen LogP contribution >= 0.6 is 19.2 Å². The molecule has 0 atom stereocenters. The van der Waals surface area contributed by atoms with E-state index in [2.05, 4.69) is 5.32 Å². The van der Waals surface area contributed by atoms with Gasteiger partial charge in [0.2, 0.25) is 5.91 Å². The molecule has 0 bridgehead atoms. The number of hydrogen-bond acceptors (Lipinski definition) is 4. The van der Waals surface area contributed by atoms with Crippen molar-refractivity contribution in [1.29, 1.82) is 0 Å². The number of hydrogen-bond donors (Lipinski definition) is 1. The van der Waals surface area contributed by atoms with Crippen molar-refractivity contribution in [3.63, 3.8) is 0 Å². The van der Waals surface area contributed by atoms with E-state index in [1.807, 2.05) is 12.1 Å². The monoisotopic (exact) mass is 319 g/mol. The summed E-state index contributed by atoms with van der Waals surface area (Å²) in [7, 11) is -3.34. The highest BCUT2D eigenvalue weighted by Gasteiger charge is 2.27. The number of amides is 1. The van der Waals surface area contributed by atoms with Gasteiger partial charge in [0, 0.05) is 11.6 Å². The third kappa shape index (κ3) is 6.06. The molecule has 1 aromatic rings. The van der Waals surface area contributed by atoms with Crippen LogP contribution in [0.2, 0.25) is 5.02 Å². The third-order valence-corrected chi connectivity index (χ3v) is 4.62. The van der Waals surface area contributed by atoms with E-state index in [0.717, 1.165) is 5.56 Å². The first kappa shape index (κ1) is 17.2. The standard InChI is InChI=1S/C13H19ClNO4P/c1-3-18-20(17,19-4-2)10-13(16)15-9-11-5-7-12(14)8-6-11/h5-8H,3-4,9-10H2,1-2H3,(H,15,16). The Labute approximate surface area is 124 Å². The molecule has 0 unspecified atom stereocenters. The summed E-state index contributed by atoms with van der Waals surface area (Å²) in [5, 5.41) is 3.31. The summed E-state index contributed by atoms with van der Waals surface area (Å²) in [6.45, 7) is 4.23. The summed E-state index contributed by atoms with van der Waals surface area (Å²) in [6, 6.07) is 7.11. The van der Waals surface area contributed by atoms with Gasteiger partial charge >= 0.3 is 7.60 Å². The van der Waals surface area contributed by atoms with Crippen LogP contribution in [0.15, 0.2) is 24.3 Å². The Bertz CT molecular complexity index is 468. The summed E-state index contributed by atoms with van der Waals surface area (Å²) in [5.41, 5.74) is 0.908. The van der Waals surface area contributed by atoms with Crippen LogP contribution < -0.4 is 5.32 Å². The zero-order valence-electron chi connectivity index (χ0n) is 11.6. The van der Waals surface area contributed by atoms with E-state index in [9.17, 15) is 9.36 Å². The van der Waals surface area contributed by atoms with Crippen molar-refractivity contribution in [2.45, 2.75) is 20.4 Å². The molecule has 0 radical (unpaired) electrons. The number of benzene rings is 1. The smallest absolute Gasteiger partial charge is 0.340 e. The highest BCUT2D eigenvalue weighted by Crippen LogP contribution is 2.47. The largest absolute Gasteiger partial charge is 0.351 e. The van der Waals surface area contributed by atoms with Gasteiger partial charge in [0.05, 0.1) is 13.2 Å². The SMILES string of the molecule is CCOP(=O)(CC(=O)NCc1ccc(Cl)cc1)OCC. The van der Waals surface area contributed by atoms with Crippen LogP contribution in [0.3, 0.4) is 0 Å². The van der Waals surface area contributed by atoms with Gasteiger partial charge in [-0.3, -0.25) is 9.36 Å². The van der Waals surface area contributed by atoms with Crippen LogP contribution in [0.25, 0.3) is 0 Å². The molecule has 1 rings (SSSR count). The Balaban J connectivity index is 2.49. The summed E-state index contributed by atoms with van der Waals surface area (Å²) >= 11 is 5.77. The molecule has 0 saturated carbocycles. The van der Waals surface area contributed by atoms with Crippen LogP contribution in [0, 0.1) is 0 Å². The van der Waals surface area contributed by atoms with Crippen molar-refractivity contribution >= 4 is 25.1 Å². The second-order valence-corrected chi connectivity index (χ2v) is 6.50. The normalized spacial score (nSPS) is 11.3. The molecule has 112 valence electrons. The Hall–Kier alpha value is -0.870. The first-order chi connectivity index (χ1) is 9.49. The quantitative estimate of drug-likeness (QED) is 0.747. The van der Waals surface area contributed by atoms with E-state index in [0.29, 0.717) is 11.6 Å². The average Bonchev–Trinajstić information content (AvgIpc) is 2.38. The minimum atomic E-state index is -3.34. The summed E-state index contributed by atoms with van der Waals surface area (Å²) in [6.07, 6.45) is -0.276. The molecule has 1 N–H and O–H groups in total. The predicted molar refractivity (Wildman–Crippen MR) is 79.0 cm³/mol. The number of nitrogens with one attached hydrogen (secondary N) is 1. The van der Waals surface area contributed by atoms with E-state index in [1.165, 1.54) is 0 Å². The molecular weight excluding hydrogens is 301 g/mol. The Morgan fingerprint density at radius 1 is 1.20 bits per heavy atom. The second-order valence-electron chi connectivity index (χ2n) is 4.01. The third-order valence-electron chi connectivity index (χ3n) is 2.39. The van der Waals surface area contributed by atoms with Gasteiger partial charge in [-0.25, -0.2) is 0 Å². The fourth-order valence-corrected chi connectivity index (χ4v) is 3.19. The molecule has 0 heterocycles. The molecule has 0 spiro atoms. The molecule has 1 aromatic carbocycles. The lowest BCUT2D eigenvalue weighted by molar-refractivity contribution is -0.119. The number of rotatable bonds is 8. The molecule has 0 saturated heterocycles. The lowest BCUT2D eigenvalue weighted by Gasteiger charge is -2.16. The average molecular weight is 320 g/mol. The van der Waals surface area contributed by atoms with Gasteiger partial charge in [-0.2, -0.15) is 0 Å². The minimum absolute atomic E-state index is 0.238. The zero-order chi connectivity index (χ0) is 15.0. The maximum Gasteiger partial charge on any atom is 0.340 e. The predicted octanol–water partition coefficient (Wildman–Crippen LogP) is 3.22. The van der Waals surface area contributed by atoms with Crippen LogP contribution in [0.1, 0.15) is 19.4 Å². The van der Waals surface area contributed by atoms with E-state index in [4.69, 9.17) is 20.6 Å². The molecule has 1 amide bonds. The summed E-state index contributed by atoms with van der Waals surface area (Å²) < 4.78 is 22.3. The van der Waals surface area contributed by atoms with Crippen molar-refractivity contribution in [3.05, 3.63) is 34.9 Å². The Morgan fingerprint density at radius 2 is 1.75 bits per heavy atom. The fourth-order valence-electron chi connectivity index (χ4n) is 1.56. The van der Waals surface area contributed by atoms with Gasteiger partial charge in [0.1, 0.15) is 6.16 Å². The van der Waals surface area contributed by atoms with Crippen molar-refractivity contribution in [2.75, 3.05) is 19.4 Å². The van der Waals surface area contributed by atoms with Gasteiger partial charge in [0.15, 0.2) is 0 Å². The minimum Gasteiger partial charge on any atom is -0.351 e. The van der Waals surface area contributed by atoms with Crippen molar-refractivity contribution in [1.82, 2.24) is 5.32 Å². The molecule has 20 heavy (non-hydrogen) atoms. The van der Waals surface area contributed by atoms with E-state index in [-0.39, 0.29) is 25.3 Å². The molecular formula is C13H19ClNO4P. The van der Waals surface area contributed by atoms with E-state index in [1.54, 1.807) is 26.0 Å². The molecule has 0 aliphatic heterocycles. The Kier molecular flexibility index (Phi) is 7.24. The lowest BCUT2D eigenvalue weighted by Crippen LogP contribution is -2.26. The van der Waals surface area contributed by atoms with Crippen LogP contribution in [0.5, 0.6) is 0 Å². The second kappa shape index (κ2) is 8.42. The van der Waals surface area contributed by atoms with Crippen molar-refractivity contribution in [3.8, 4) is 0 Å². The van der Waals surface area contributed by atoms with Crippen molar-refractivity contribution < 1.29 is 18.4 Å². The summed E-state index contributed by atoms with van der Waals surface area (Å²) in [5.74, 6) is -0.370. The number of halogens is 1. The Morgan fingerprint density at radius 3 is 2.25 bits per heavy atom. The first-order valence-corrected chi connectivity index (χ1v) is 8.49. The maximum absolute atomic E-state index is 12.2. The molecule has 5 nitrogen and oxygen atoms in total. The fraction of sp³-hybridized carbons (Fsp3) is 0.462. The highest BCUT2D eigenvalue weighted by molar-refractivity contribution is 7.54.